The molecule has 5 heteroatoms. The average Bonchev–Trinajstić information content (AvgIpc) is 3.24. The monoisotopic (exact) mass is 835 g/mol. The second-order valence-corrected chi connectivity index (χ2v) is 18.7. The van der Waals surface area contributed by atoms with E-state index in [0.29, 0.717) is 12.8 Å². The Morgan fingerprint density at radius 3 is 0.746 bits per heavy atom. The third-order valence-electron chi connectivity index (χ3n) is 12.7. The van der Waals surface area contributed by atoms with Gasteiger partial charge in [0.25, 0.3) is 0 Å². The van der Waals surface area contributed by atoms with Gasteiger partial charge in [0.2, 0.25) is 0 Å². The summed E-state index contributed by atoms with van der Waals surface area (Å²) in [5.74, 6) is -0.568. The lowest BCUT2D eigenvalue weighted by Crippen LogP contribution is -2.28. The maximum Gasteiger partial charge on any atom is 0.306 e. The van der Waals surface area contributed by atoms with Crippen LogP contribution in [-0.2, 0) is 19.1 Å². The number of rotatable bonds is 51. The number of aliphatic hydroxyl groups is 1. The molecule has 0 fully saturated rings. The molecular formula is C54H106O5. The second kappa shape index (κ2) is 51.3. The number of esters is 2. The largest absolute Gasteiger partial charge is 0.462 e. The van der Waals surface area contributed by atoms with E-state index >= 15 is 0 Å². The molecule has 59 heavy (non-hydrogen) atoms. The summed E-state index contributed by atoms with van der Waals surface area (Å²) in [6, 6.07) is 0. The van der Waals surface area contributed by atoms with E-state index in [2.05, 4.69) is 13.8 Å². The first-order chi connectivity index (χ1) is 29.1. The number of carbonyl (C=O) groups is 2. The zero-order valence-corrected chi connectivity index (χ0v) is 40.3. The Hall–Kier alpha value is -1.10. The first-order valence-electron chi connectivity index (χ1n) is 27.1. The molecule has 0 aliphatic heterocycles. The lowest BCUT2D eigenvalue weighted by molar-refractivity contribution is -0.161. The zero-order valence-electron chi connectivity index (χ0n) is 40.3. The van der Waals surface area contributed by atoms with Crippen molar-refractivity contribution >= 4 is 11.9 Å². The molecule has 0 aliphatic rings. The Kier molecular flexibility index (Phi) is 50.3. The molecule has 5 nitrogen and oxygen atoms in total. The van der Waals surface area contributed by atoms with E-state index in [-0.39, 0.29) is 25.2 Å². The lowest BCUT2D eigenvalue weighted by Gasteiger charge is -2.15. The van der Waals surface area contributed by atoms with E-state index in [1.54, 1.807) is 0 Å². The number of carbonyl (C=O) groups excluding carboxylic acids is 2. The van der Waals surface area contributed by atoms with Gasteiger partial charge in [-0.05, 0) is 12.8 Å². The summed E-state index contributed by atoms with van der Waals surface area (Å²) in [4.78, 5) is 24.4. The van der Waals surface area contributed by atoms with E-state index in [0.717, 1.165) is 32.1 Å². The van der Waals surface area contributed by atoms with Gasteiger partial charge in [0.1, 0.15) is 6.61 Å². The van der Waals surface area contributed by atoms with Gasteiger partial charge in [-0.3, -0.25) is 9.59 Å². The highest BCUT2D eigenvalue weighted by Gasteiger charge is 2.16. The fraction of sp³-hybridized carbons (Fsp3) is 0.963. The van der Waals surface area contributed by atoms with E-state index in [9.17, 15) is 14.7 Å². The van der Waals surface area contributed by atoms with Crippen LogP contribution in [0.5, 0.6) is 0 Å². The van der Waals surface area contributed by atoms with E-state index in [1.165, 1.54) is 257 Å². The van der Waals surface area contributed by atoms with E-state index < -0.39 is 6.10 Å². The van der Waals surface area contributed by atoms with Gasteiger partial charge < -0.3 is 14.6 Å². The maximum atomic E-state index is 12.3. The molecule has 1 N–H and O–H groups in total. The first kappa shape index (κ1) is 57.9. The molecule has 0 aliphatic carbocycles. The molecule has 0 radical (unpaired) electrons. The molecule has 0 amide bonds. The van der Waals surface area contributed by atoms with Crippen molar-refractivity contribution in [3.05, 3.63) is 0 Å². The van der Waals surface area contributed by atoms with Crippen molar-refractivity contribution in [3.63, 3.8) is 0 Å². The smallest absolute Gasteiger partial charge is 0.306 e. The second-order valence-electron chi connectivity index (χ2n) is 18.7. The Morgan fingerprint density at radius 1 is 0.322 bits per heavy atom. The number of aliphatic hydroxyl groups excluding tert-OH is 1. The molecule has 0 saturated heterocycles. The summed E-state index contributed by atoms with van der Waals surface area (Å²) in [5, 5.41) is 9.61. The lowest BCUT2D eigenvalue weighted by atomic mass is 10.0. The van der Waals surface area contributed by atoms with Crippen LogP contribution < -0.4 is 0 Å². The van der Waals surface area contributed by atoms with Gasteiger partial charge in [-0.15, -0.1) is 0 Å². The van der Waals surface area contributed by atoms with Gasteiger partial charge in [-0.1, -0.05) is 290 Å². The molecule has 352 valence electrons. The third-order valence-corrected chi connectivity index (χ3v) is 12.7. The summed E-state index contributed by atoms with van der Waals surface area (Å²) >= 11 is 0. The minimum atomic E-state index is -0.763. The highest BCUT2D eigenvalue weighted by molar-refractivity contribution is 5.70. The zero-order chi connectivity index (χ0) is 42.8. The predicted molar refractivity (Wildman–Crippen MR) is 256 cm³/mol. The van der Waals surface area contributed by atoms with Crippen LogP contribution in [0, 0.1) is 0 Å². The molecule has 0 spiro atoms. The van der Waals surface area contributed by atoms with Crippen LogP contribution in [0.25, 0.3) is 0 Å². The number of ether oxygens (including phenoxy) is 2. The van der Waals surface area contributed by atoms with Crippen molar-refractivity contribution in [1.82, 2.24) is 0 Å². The van der Waals surface area contributed by atoms with Crippen molar-refractivity contribution in [3.8, 4) is 0 Å². The number of unbranched alkanes of at least 4 members (excludes halogenated alkanes) is 43. The van der Waals surface area contributed by atoms with E-state index in [4.69, 9.17) is 9.47 Å². The van der Waals surface area contributed by atoms with Crippen LogP contribution in [0.1, 0.15) is 316 Å². The molecule has 0 heterocycles. The Morgan fingerprint density at radius 2 is 0.525 bits per heavy atom. The van der Waals surface area contributed by atoms with Gasteiger partial charge in [-0.2, -0.15) is 0 Å². The maximum absolute atomic E-state index is 12.3. The molecule has 0 aromatic heterocycles. The molecule has 0 aromatic rings. The van der Waals surface area contributed by atoms with Gasteiger partial charge in [0.05, 0.1) is 6.61 Å². The summed E-state index contributed by atoms with van der Waals surface area (Å²) in [6.45, 7) is 4.19. The fourth-order valence-corrected chi connectivity index (χ4v) is 8.56. The molecule has 0 saturated carbocycles. The normalized spacial score (nSPS) is 12.0. The van der Waals surface area contributed by atoms with Gasteiger partial charge in [0, 0.05) is 12.8 Å². The number of hydrogen-bond acceptors (Lipinski definition) is 5. The van der Waals surface area contributed by atoms with Crippen LogP contribution >= 0.6 is 0 Å². The Bertz CT molecular complexity index is 815. The fourth-order valence-electron chi connectivity index (χ4n) is 8.56. The molecule has 1 atom stereocenters. The summed E-state index contributed by atoms with van der Waals surface area (Å²) in [6.07, 6.45) is 60.9. The van der Waals surface area contributed by atoms with Crippen molar-refractivity contribution in [2.75, 3.05) is 13.2 Å². The minimum Gasteiger partial charge on any atom is -0.462 e. The van der Waals surface area contributed by atoms with Crippen LogP contribution in [-0.4, -0.2) is 36.4 Å². The molecule has 1 unspecified atom stereocenters. The highest BCUT2D eigenvalue weighted by Crippen LogP contribution is 2.18. The van der Waals surface area contributed by atoms with Gasteiger partial charge in [-0.25, -0.2) is 0 Å². The number of hydrogen-bond donors (Lipinski definition) is 1. The SMILES string of the molecule is CCCCCCCCCCCCCCCCCCCCCCCCCCCCCCCCCCC(=O)OC(CO)COC(=O)CCCCCCCCCCCCCCC. The van der Waals surface area contributed by atoms with E-state index in [1.807, 2.05) is 0 Å². The van der Waals surface area contributed by atoms with Gasteiger partial charge in [0.15, 0.2) is 6.10 Å². The standard InChI is InChI=1S/C54H106O5/c1-3-5-7-9-11-13-15-17-18-19-20-21-22-23-24-25-26-27-28-29-30-31-32-33-34-35-37-39-41-43-45-47-49-54(57)59-52(50-55)51-58-53(56)48-46-44-42-40-38-36-16-14-12-10-8-6-4-2/h52,55H,3-51H2,1-2H3. The van der Waals surface area contributed by atoms with Crippen molar-refractivity contribution in [2.24, 2.45) is 0 Å². The van der Waals surface area contributed by atoms with Crippen LogP contribution in [0.3, 0.4) is 0 Å². The Labute approximate surface area is 369 Å². The van der Waals surface area contributed by atoms with Crippen LogP contribution in [0.15, 0.2) is 0 Å². The third kappa shape index (κ3) is 49.4. The van der Waals surface area contributed by atoms with Crippen LogP contribution in [0.4, 0.5) is 0 Å². The minimum absolute atomic E-state index is 0.0564. The Balaban J connectivity index is 3.35. The van der Waals surface area contributed by atoms with Crippen molar-refractivity contribution < 1.29 is 24.2 Å². The van der Waals surface area contributed by atoms with Crippen LogP contribution in [0.2, 0.25) is 0 Å². The summed E-state index contributed by atoms with van der Waals surface area (Å²) in [7, 11) is 0. The highest BCUT2D eigenvalue weighted by atomic mass is 16.6. The quantitative estimate of drug-likeness (QED) is 0.0488. The summed E-state index contributed by atoms with van der Waals surface area (Å²) in [5.41, 5.74) is 0. The predicted octanol–water partition coefficient (Wildman–Crippen LogP) is 17.8. The topological polar surface area (TPSA) is 72.8 Å². The molecule has 0 rings (SSSR count). The van der Waals surface area contributed by atoms with Crippen molar-refractivity contribution in [1.29, 1.82) is 0 Å². The first-order valence-corrected chi connectivity index (χ1v) is 27.1. The van der Waals surface area contributed by atoms with Crippen molar-refractivity contribution in [2.45, 2.75) is 322 Å². The molecule has 0 aromatic carbocycles. The average molecular weight is 835 g/mol. The summed E-state index contributed by atoms with van der Waals surface area (Å²) < 4.78 is 10.7. The molecular weight excluding hydrogens is 729 g/mol. The van der Waals surface area contributed by atoms with Gasteiger partial charge >= 0.3 is 11.9 Å². The molecule has 0 bridgehead atoms.